The average Bonchev–Trinajstić information content (AvgIpc) is 2.53. The van der Waals surface area contributed by atoms with E-state index in [0.29, 0.717) is 0 Å². The maximum absolute atomic E-state index is 13.4. The predicted molar refractivity (Wildman–Crippen MR) is 80.1 cm³/mol. The molecule has 122 valence electrons. The quantitative estimate of drug-likeness (QED) is 0.839. The van der Waals surface area contributed by atoms with Gasteiger partial charge in [0.05, 0.1) is 12.0 Å². The molecule has 2 aromatic carbocycles. The van der Waals surface area contributed by atoms with Gasteiger partial charge in [-0.3, -0.25) is 4.79 Å². The Morgan fingerprint density at radius 2 is 1.87 bits per heavy atom. The van der Waals surface area contributed by atoms with Gasteiger partial charge in [-0.15, -0.1) is 0 Å². The Labute approximate surface area is 132 Å². The smallest absolute Gasteiger partial charge is 0.326 e. The first kappa shape index (κ1) is 16.9. The number of carbonyl (C=O) groups is 1. The van der Waals surface area contributed by atoms with Crippen molar-refractivity contribution in [2.75, 3.05) is 7.11 Å². The Hall–Kier alpha value is -2.45. The number of aliphatic carboxylic acids is 1. The maximum atomic E-state index is 13.4. The Balaban J connectivity index is 2.45. The number of hydrogen-bond acceptors (Lipinski definition) is 4. The van der Waals surface area contributed by atoms with Crippen LogP contribution in [0.5, 0.6) is 5.75 Å². The third kappa shape index (κ3) is 3.85. The lowest BCUT2D eigenvalue weighted by Gasteiger charge is -2.18. The van der Waals surface area contributed by atoms with Gasteiger partial charge >= 0.3 is 5.97 Å². The molecule has 2 aromatic rings. The second-order valence-electron chi connectivity index (χ2n) is 4.59. The lowest BCUT2D eigenvalue weighted by atomic mass is 10.1. The number of carboxylic acid groups (broad SMARTS) is 1. The molecule has 0 fully saturated rings. The van der Waals surface area contributed by atoms with E-state index in [1.807, 2.05) is 0 Å². The van der Waals surface area contributed by atoms with Crippen molar-refractivity contribution in [2.24, 2.45) is 0 Å². The second-order valence-corrected chi connectivity index (χ2v) is 6.31. The minimum Gasteiger partial charge on any atom is -0.496 e. The zero-order valence-corrected chi connectivity index (χ0v) is 12.9. The predicted octanol–water partition coefficient (Wildman–Crippen LogP) is 1.94. The number of sulfonamides is 1. The van der Waals surface area contributed by atoms with Gasteiger partial charge in [-0.05, 0) is 30.3 Å². The molecule has 23 heavy (non-hydrogen) atoms. The van der Waals surface area contributed by atoms with E-state index in [9.17, 15) is 22.7 Å². The zero-order chi connectivity index (χ0) is 17.0. The van der Waals surface area contributed by atoms with Crippen LogP contribution < -0.4 is 9.46 Å². The van der Waals surface area contributed by atoms with Crippen LogP contribution in [0.2, 0.25) is 0 Å². The van der Waals surface area contributed by atoms with Gasteiger partial charge in [-0.1, -0.05) is 18.2 Å². The van der Waals surface area contributed by atoms with Crippen LogP contribution in [-0.4, -0.2) is 26.6 Å². The molecule has 0 saturated carbocycles. The molecule has 2 N–H and O–H groups in total. The first-order valence-electron chi connectivity index (χ1n) is 6.49. The molecule has 8 heteroatoms. The van der Waals surface area contributed by atoms with Crippen LogP contribution in [-0.2, 0) is 14.8 Å². The summed E-state index contributed by atoms with van der Waals surface area (Å²) in [5, 5.41) is 9.34. The fourth-order valence-corrected chi connectivity index (χ4v) is 3.19. The molecular formula is C15H14FNO5S. The number of ether oxygens (including phenoxy) is 1. The van der Waals surface area contributed by atoms with Crippen LogP contribution >= 0.6 is 0 Å². The normalized spacial score (nSPS) is 12.6. The van der Waals surface area contributed by atoms with Crippen molar-refractivity contribution in [3.05, 3.63) is 59.9 Å². The topological polar surface area (TPSA) is 92.7 Å². The van der Waals surface area contributed by atoms with Gasteiger partial charge in [0.1, 0.15) is 17.6 Å². The molecule has 0 amide bonds. The van der Waals surface area contributed by atoms with Crippen LogP contribution in [0.15, 0.2) is 53.4 Å². The highest BCUT2D eigenvalue weighted by atomic mass is 32.2. The van der Waals surface area contributed by atoms with E-state index >= 15 is 0 Å². The second kappa shape index (κ2) is 6.76. The summed E-state index contributed by atoms with van der Waals surface area (Å²) in [6, 6.07) is 8.85. The van der Waals surface area contributed by atoms with E-state index < -0.39 is 27.9 Å². The zero-order valence-electron chi connectivity index (χ0n) is 12.1. The number of nitrogens with one attached hydrogen (secondary N) is 1. The van der Waals surface area contributed by atoms with Crippen molar-refractivity contribution in [2.45, 2.75) is 10.9 Å². The van der Waals surface area contributed by atoms with Gasteiger partial charge in [-0.2, -0.15) is 4.72 Å². The number of carboxylic acids is 1. The lowest BCUT2D eigenvalue weighted by molar-refractivity contribution is -0.139. The van der Waals surface area contributed by atoms with E-state index in [2.05, 4.69) is 4.72 Å². The van der Waals surface area contributed by atoms with Gasteiger partial charge in [-0.25, -0.2) is 12.8 Å². The third-order valence-corrected chi connectivity index (χ3v) is 4.51. The van der Waals surface area contributed by atoms with Crippen molar-refractivity contribution < 1.29 is 27.4 Å². The van der Waals surface area contributed by atoms with Crippen LogP contribution in [0.1, 0.15) is 11.6 Å². The van der Waals surface area contributed by atoms with E-state index in [1.165, 1.54) is 37.4 Å². The highest BCUT2D eigenvalue weighted by Crippen LogP contribution is 2.27. The fourth-order valence-electron chi connectivity index (χ4n) is 2.00. The molecule has 0 bridgehead atoms. The Bertz CT molecular complexity index is 808. The summed E-state index contributed by atoms with van der Waals surface area (Å²) in [5.41, 5.74) is -0.125. The van der Waals surface area contributed by atoms with Crippen LogP contribution in [0.4, 0.5) is 4.39 Å². The van der Waals surface area contributed by atoms with Crippen LogP contribution in [0, 0.1) is 5.82 Å². The summed E-state index contributed by atoms with van der Waals surface area (Å²) < 4.78 is 45.1. The standard InChI is InChI=1S/C15H14FNO5S/c1-22-13-8-7-10(16)9-12(13)14(15(18)19)17-23(20,21)11-5-3-2-4-6-11/h2-9,14,17H,1H3,(H,18,19). The molecule has 1 atom stereocenters. The molecule has 2 rings (SSSR count). The van der Waals surface area contributed by atoms with Crippen molar-refractivity contribution in [1.82, 2.24) is 4.72 Å². The first-order chi connectivity index (χ1) is 10.8. The Kier molecular flexibility index (Phi) is 4.97. The molecule has 1 unspecified atom stereocenters. The first-order valence-corrected chi connectivity index (χ1v) is 7.97. The molecule has 0 aromatic heterocycles. The molecule has 6 nitrogen and oxygen atoms in total. The summed E-state index contributed by atoms with van der Waals surface area (Å²) in [4.78, 5) is 11.4. The van der Waals surface area contributed by atoms with Gasteiger partial charge < -0.3 is 9.84 Å². The molecule has 0 saturated heterocycles. The summed E-state index contributed by atoms with van der Waals surface area (Å²) in [6.45, 7) is 0. The van der Waals surface area contributed by atoms with Crippen molar-refractivity contribution >= 4 is 16.0 Å². The van der Waals surface area contributed by atoms with Crippen molar-refractivity contribution in [3.8, 4) is 5.75 Å². The number of rotatable bonds is 6. The molecule has 0 radical (unpaired) electrons. The number of hydrogen-bond donors (Lipinski definition) is 2. The summed E-state index contributed by atoms with van der Waals surface area (Å²) in [7, 11) is -2.82. The Morgan fingerprint density at radius 3 is 2.43 bits per heavy atom. The minimum absolute atomic E-state index is 0.0644. The van der Waals surface area contributed by atoms with Gasteiger partial charge in [0.2, 0.25) is 10.0 Å². The van der Waals surface area contributed by atoms with Gasteiger partial charge in [0.15, 0.2) is 0 Å². The Morgan fingerprint density at radius 1 is 1.22 bits per heavy atom. The molecule has 0 spiro atoms. The van der Waals surface area contributed by atoms with Gasteiger partial charge in [0, 0.05) is 5.56 Å². The average molecular weight is 339 g/mol. The lowest BCUT2D eigenvalue weighted by Crippen LogP contribution is -2.34. The maximum Gasteiger partial charge on any atom is 0.326 e. The monoisotopic (exact) mass is 339 g/mol. The minimum atomic E-state index is -4.10. The molecule has 0 aliphatic rings. The molecule has 0 aliphatic carbocycles. The number of methoxy groups -OCH3 is 1. The van der Waals surface area contributed by atoms with Crippen molar-refractivity contribution in [3.63, 3.8) is 0 Å². The summed E-state index contributed by atoms with van der Waals surface area (Å²) in [6.07, 6.45) is 0. The molecule has 0 aliphatic heterocycles. The highest BCUT2D eigenvalue weighted by Gasteiger charge is 2.29. The summed E-state index contributed by atoms with van der Waals surface area (Å²) >= 11 is 0. The van der Waals surface area contributed by atoms with Crippen LogP contribution in [0.3, 0.4) is 0 Å². The number of benzene rings is 2. The SMILES string of the molecule is COc1ccc(F)cc1C(NS(=O)(=O)c1ccccc1)C(=O)O. The third-order valence-electron chi connectivity index (χ3n) is 3.08. The van der Waals surface area contributed by atoms with Crippen LogP contribution in [0.25, 0.3) is 0 Å². The molecule has 0 heterocycles. The fraction of sp³-hybridized carbons (Fsp3) is 0.133. The van der Waals surface area contributed by atoms with E-state index in [0.717, 1.165) is 12.1 Å². The van der Waals surface area contributed by atoms with Crippen molar-refractivity contribution in [1.29, 1.82) is 0 Å². The van der Waals surface area contributed by atoms with E-state index in [1.54, 1.807) is 6.07 Å². The molecular weight excluding hydrogens is 325 g/mol. The largest absolute Gasteiger partial charge is 0.496 e. The van der Waals surface area contributed by atoms with E-state index in [4.69, 9.17) is 4.74 Å². The van der Waals surface area contributed by atoms with Gasteiger partial charge in [0.25, 0.3) is 0 Å². The number of halogens is 1. The van der Waals surface area contributed by atoms with E-state index in [-0.39, 0.29) is 16.2 Å². The summed E-state index contributed by atoms with van der Waals surface area (Å²) in [5.74, 6) is -2.12. The highest BCUT2D eigenvalue weighted by molar-refractivity contribution is 7.89.